The Bertz CT molecular complexity index is 111. The van der Waals surface area contributed by atoms with Crippen LogP contribution in [0.1, 0.15) is 13.8 Å². The average molecular weight is 239 g/mol. The molecule has 1 N–H and O–H groups in total. The summed E-state index contributed by atoms with van der Waals surface area (Å²) in [6, 6.07) is 0.320. The average Bonchev–Trinajstić information content (AvgIpc) is 1.82. The maximum absolute atomic E-state index is 6.90. The smallest absolute Gasteiger partial charge is 0.103 e. The number of halogens is 1. The van der Waals surface area contributed by atoms with Crippen LogP contribution in [0.3, 0.4) is 0 Å². The molecule has 0 aromatic carbocycles. The van der Waals surface area contributed by atoms with Crippen LogP contribution in [-0.4, -0.2) is 23.6 Å². The molecule has 0 radical (unpaired) electrons. The molecule has 0 aliphatic carbocycles. The van der Waals surface area contributed by atoms with Crippen molar-refractivity contribution in [2.24, 2.45) is 3.21 Å². The van der Waals surface area contributed by atoms with Gasteiger partial charge in [-0.3, -0.25) is 5.41 Å². The SMILES string of the molecule is CC(C)N(C=N)C=NI. The van der Waals surface area contributed by atoms with Gasteiger partial charge < -0.3 is 4.90 Å². The largest absolute Gasteiger partial charge is 0.321 e. The summed E-state index contributed by atoms with van der Waals surface area (Å²) in [4.78, 5) is 1.71. The van der Waals surface area contributed by atoms with Crippen LogP contribution in [-0.2, 0) is 0 Å². The van der Waals surface area contributed by atoms with Gasteiger partial charge in [-0.05, 0) is 13.8 Å². The van der Waals surface area contributed by atoms with Gasteiger partial charge in [-0.25, -0.2) is 3.21 Å². The number of hydrogen-bond donors (Lipinski definition) is 1. The number of nitrogens with zero attached hydrogens (tertiary/aromatic N) is 2. The molecule has 4 heteroatoms. The van der Waals surface area contributed by atoms with Crippen molar-refractivity contribution in [3.05, 3.63) is 0 Å². The predicted molar refractivity (Wildman–Crippen MR) is 48.3 cm³/mol. The van der Waals surface area contributed by atoms with Crippen LogP contribution in [0.15, 0.2) is 3.21 Å². The second kappa shape index (κ2) is 4.72. The Labute approximate surface area is 69.2 Å². The summed E-state index contributed by atoms with van der Waals surface area (Å²) in [5.41, 5.74) is 0. The monoisotopic (exact) mass is 239 g/mol. The van der Waals surface area contributed by atoms with Gasteiger partial charge in [-0.1, -0.05) is 0 Å². The third kappa shape index (κ3) is 3.45. The van der Waals surface area contributed by atoms with E-state index in [2.05, 4.69) is 3.21 Å². The molecule has 9 heavy (non-hydrogen) atoms. The Hall–Kier alpha value is -0.130. The van der Waals surface area contributed by atoms with E-state index in [1.54, 1.807) is 11.2 Å². The van der Waals surface area contributed by atoms with Crippen LogP contribution < -0.4 is 0 Å². The molecule has 0 unspecified atom stereocenters. The maximum Gasteiger partial charge on any atom is 0.103 e. The zero-order valence-electron chi connectivity index (χ0n) is 5.50. The highest BCUT2D eigenvalue weighted by molar-refractivity contribution is 14.1. The van der Waals surface area contributed by atoms with Gasteiger partial charge in [0.15, 0.2) is 0 Å². The molecular weight excluding hydrogens is 229 g/mol. The van der Waals surface area contributed by atoms with E-state index in [4.69, 9.17) is 5.41 Å². The molecule has 0 bridgehead atoms. The van der Waals surface area contributed by atoms with Crippen molar-refractivity contribution in [3.8, 4) is 0 Å². The fourth-order valence-electron chi connectivity index (χ4n) is 0.366. The highest BCUT2D eigenvalue weighted by Gasteiger charge is 1.98. The van der Waals surface area contributed by atoms with E-state index in [-0.39, 0.29) is 0 Å². The first kappa shape index (κ1) is 8.87. The van der Waals surface area contributed by atoms with Crippen molar-refractivity contribution in [3.63, 3.8) is 0 Å². The number of hydrogen-bond acceptors (Lipinski definition) is 2. The predicted octanol–water partition coefficient (Wildman–Crippen LogP) is 1.68. The summed E-state index contributed by atoms with van der Waals surface area (Å²) in [5.74, 6) is 0. The minimum atomic E-state index is 0.320. The zero-order valence-corrected chi connectivity index (χ0v) is 7.66. The van der Waals surface area contributed by atoms with E-state index in [1.807, 2.05) is 36.7 Å². The molecule has 0 aromatic heterocycles. The highest BCUT2D eigenvalue weighted by Crippen LogP contribution is 1.91. The lowest BCUT2D eigenvalue weighted by Crippen LogP contribution is -2.26. The second-order valence-corrected chi connectivity index (χ2v) is 2.44. The molecule has 0 heterocycles. The van der Waals surface area contributed by atoms with Gasteiger partial charge in [0.2, 0.25) is 0 Å². The van der Waals surface area contributed by atoms with E-state index in [0.29, 0.717) is 6.04 Å². The van der Waals surface area contributed by atoms with Crippen molar-refractivity contribution < 1.29 is 0 Å². The van der Waals surface area contributed by atoms with Crippen LogP contribution >= 0.6 is 22.9 Å². The van der Waals surface area contributed by atoms with Gasteiger partial charge in [-0.2, -0.15) is 0 Å². The first-order valence-corrected chi connectivity index (χ1v) is 3.61. The minimum absolute atomic E-state index is 0.320. The van der Waals surface area contributed by atoms with Gasteiger partial charge in [-0.15, -0.1) is 0 Å². The summed E-state index contributed by atoms with van der Waals surface area (Å²) in [7, 11) is 0. The molecule has 0 aliphatic rings. The summed E-state index contributed by atoms with van der Waals surface area (Å²) in [5, 5.41) is 6.90. The lowest BCUT2D eigenvalue weighted by atomic mass is 10.4. The number of nitrogens with one attached hydrogen (secondary N) is 1. The van der Waals surface area contributed by atoms with Gasteiger partial charge in [0.1, 0.15) is 6.34 Å². The fraction of sp³-hybridized carbons (Fsp3) is 0.600. The fourth-order valence-corrected chi connectivity index (χ4v) is 0.654. The van der Waals surface area contributed by atoms with Crippen LogP contribution in [0.2, 0.25) is 0 Å². The van der Waals surface area contributed by atoms with E-state index in [9.17, 15) is 0 Å². The Morgan fingerprint density at radius 2 is 2.22 bits per heavy atom. The first-order chi connectivity index (χ1) is 4.22. The van der Waals surface area contributed by atoms with E-state index >= 15 is 0 Å². The molecule has 0 aliphatic heterocycles. The van der Waals surface area contributed by atoms with Crippen LogP contribution in [0.4, 0.5) is 0 Å². The number of rotatable bonds is 3. The molecule has 0 atom stereocenters. The molecule has 0 amide bonds. The summed E-state index contributed by atoms with van der Waals surface area (Å²) < 4.78 is 3.75. The third-order valence-corrected chi connectivity index (χ3v) is 1.17. The molecular formula is C5H10IN3. The second-order valence-electron chi connectivity index (χ2n) is 1.88. The molecule has 3 nitrogen and oxygen atoms in total. The quantitative estimate of drug-likeness (QED) is 0.454. The van der Waals surface area contributed by atoms with Crippen molar-refractivity contribution in [1.29, 1.82) is 5.41 Å². The van der Waals surface area contributed by atoms with E-state index in [0.717, 1.165) is 0 Å². The highest BCUT2D eigenvalue weighted by atomic mass is 127. The van der Waals surface area contributed by atoms with Crippen LogP contribution in [0.5, 0.6) is 0 Å². The maximum atomic E-state index is 6.90. The van der Waals surface area contributed by atoms with Gasteiger partial charge in [0.25, 0.3) is 0 Å². The van der Waals surface area contributed by atoms with E-state index < -0.39 is 0 Å². The van der Waals surface area contributed by atoms with Gasteiger partial charge in [0, 0.05) is 6.04 Å². The third-order valence-electron chi connectivity index (χ3n) is 0.922. The lowest BCUT2D eigenvalue weighted by Gasteiger charge is -2.15. The summed E-state index contributed by atoms with van der Waals surface area (Å²) in [6.45, 7) is 4.01. The Balaban J connectivity index is 3.82. The molecule has 0 rings (SSSR count). The molecule has 0 saturated heterocycles. The Kier molecular flexibility index (Phi) is 4.65. The molecule has 0 spiro atoms. The molecule has 0 aromatic rings. The lowest BCUT2D eigenvalue weighted by molar-refractivity contribution is 0.523. The van der Waals surface area contributed by atoms with Crippen molar-refractivity contribution in [1.82, 2.24) is 4.90 Å². The van der Waals surface area contributed by atoms with E-state index in [1.165, 1.54) is 6.34 Å². The molecule has 0 fully saturated rings. The van der Waals surface area contributed by atoms with Crippen LogP contribution in [0, 0.1) is 5.41 Å². The molecule has 0 saturated carbocycles. The normalized spacial score (nSPS) is 10.7. The topological polar surface area (TPSA) is 39.5 Å². The van der Waals surface area contributed by atoms with Crippen molar-refractivity contribution in [2.45, 2.75) is 19.9 Å². The van der Waals surface area contributed by atoms with Crippen molar-refractivity contribution in [2.75, 3.05) is 0 Å². The summed E-state index contributed by atoms with van der Waals surface area (Å²) >= 11 is 1.88. The van der Waals surface area contributed by atoms with Gasteiger partial charge >= 0.3 is 0 Å². The Morgan fingerprint density at radius 3 is 2.33 bits per heavy atom. The van der Waals surface area contributed by atoms with Crippen LogP contribution in [0.25, 0.3) is 0 Å². The van der Waals surface area contributed by atoms with Gasteiger partial charge in [0.05, 0.1) is 29.2 Å². The first-order valence-electron chi connectivity index (χ1n) is 2.65. The van der Waals surface area contributed by atoms with Crippen molar-refractivity contribution >= 4 is 35.5 Å². The Morgan fingerprint density at radius 1 is 1.67 bits per heavy atom. The summed E-state index contributed by atoms with van der Waals surface area (Å²) in [6.07, 6.45) is 2.88. The molecule has 52 valence electrons. The minimum Gasteiger partial charge on any atom is -0.321 e. The standard InChI is InChI=1S/C5H10IN3/c1-5(2)9(3-7)4-8-6/h3-5,7H,1-2H3. The zero-order chi connectivity index (χ0) is 7.28.